The molecule has 0 amide bonds. The van der Waals surface area contributed by atoms with Gasteiger partial charge in [-0.15, -0.1) is 0 Å². The number of aliphatic hydroxyl groups is 1. The molecule has 0 spiro atoms. The van der Waals surface area contributed by atoms with Crippen molar-refractivity contribution in [3.05, 3.63) is 35.9 Å². The molecule has 28 heavy (non-hydrogen) atoms. The summed E-state index contributed by atoms with van der Waals surface area (Å²) in [6.07, 6.45) is 8.85. The molecule has 1 N–H and O–H groups in total. The molecule has 0 aliphatic rings. The maximum absolute atomic E-state index is 11.3. The minimum absolute atomic E-state index is 0.0131. The van der Waals surface area contributed by atoms with Gasteiger partial charge in [-0.2, -0.15) is 0 Å². The molecule has 0 aliphatic carbocycles. The van der Waals surface area contributed by atoms with Gasteiger partial charge in [-0.25, -0.2) is 0 Å². The van der Waals surface area contributed by atoms with Crippen molar-refractivity contribution < 1.29 is 9.90 Å². The van der Waals surface area contributed by atoms with Gasteiger partial charge in [-0.05, 0) is 12.5 Å². The third-order valence-electron chi connectivity index (χ3n) is 5.46. The van der Waals surface area contributed by atoms with Crippen LogP contribution >= 0.6 is 15.9 Å². The molecule has 1 aromatic carbocycles. The van der Waals surface area contributed by atoms with Crippen molar-refractivity contribution in [3.8, 4) is 0 Å². The molecular weight excluding hydrogens is 519 g/mol. The summed E-state index contributed by atoms with van der Waals surface area (Å²) in [5.41, 5.74) is -0.350. The van der Waals surface area contributed by atoms with Crippen LogP contribution in [0.5, 0.6) is 0 Å². The van der Waals surface area contributed by atoms with Gasteiger partial charge in [0.25, 0.3) is 0 Å². The van der Waals surface area contributed by atoms with Crippen molar-refractivity contribution >= 4 is 41.5 Å². The normalized spacial score (nSPS) is 14.1. The van der Waals surface area contributed by atoms with Crippen LogP contribution in [0.4, 0.5) is 0 Å². The van der Waals surface area contributed by atoms with E-state index < -0.39 is 31.3 Å². The standard InChI is InChI=1S/C12H15BrO2.3C4H9.Sn/c1-9(10(2)14)12(15,8-13)11-6-4-3-5-7-11;3*1-3-4-2;/h3-7,9,15H,8H2,1-2H3;3*1,3-4H2,2H3;. The quantitative estimate of drug-likeness (QED) is 0.202. The molecule has 0 aromatic heterocycles. The molecule has 0 saturated heterocycles. The first kappa shape index (κ1) is 28.1. The van der Waals surface area contributed by atoms with E-state index in [2.05, 4.69) is 36.7 Å². The van der Waals surface area contributed by atoms with Gasteiger partial charge in [0.1, 0.15) is 11.4 Å². The van der Waals surface area contributed by atoms with Crippen LogP contribution in [0.3, 0.4) is 0 Å². The van der Waals surface area contributed by atoms with Crippen molar-refractivity contribution in [1.82, 2.24) is 0 Å². The Kier molecular flexibility index (Phi) is 17.0. The fourth-order valence-corrected chi connectivity index (χ4v) is 13.4. The minimum atomic E-state index is -1.12. The first-order valence-electron chi connectivity index (χ1n) is 11.0. The van der Waals surface area contributed by atoms with Gasteiger partial charge in [-0.1, -0.05) is 53.2 Å². The first-order chi connectivity index (χ1) is 13.4. The number of ketones is 1. The van der Waals surface area contributed by atoms with E-state index in [0.717, 1.165) is 5.56 Å². The summed E-state index contributed by atoms with van der Waals surface area (Å²) in [6, 6.07) is 9.27. The number of hydrogen-bond acceptors (Lipinski definition) is 2. The molecule has 0 aliphatic heterocycles. The number of rotatable bonds is 13. The summed E-state index contributed by atoms with van der Waals surface area (Å²) in [6.45, 7) is 10.2. The Morgan fingerprint density at radius 1 is 1.00 bits per heavy atom. The zero-order valence-electron chi connectivity index (χ0n) is 18.8. The van der Waals surface area contributed by atoms with E-state index in [9.17, 15) is 9.90 Å². The predicted octanol–water partition coefficient (Wildman–Crippen LogP) is 7.38. The van der Waals surface area contributed by atoms with Crippen molar-refractivity contribution in [1.29, 1.82) is 0 Å². The van der Waals surface area contributed by atoms with Crippen LogP contribution < -0.4 is 0 Å². The third-order valence-corrected chi connectivity index (χ3v) is 15.4. The molecule has 1 radical (unpaired) electrons. The Bertz CT molecular complexity index is 490. The van der Waals surface area contributed by atoms with Gasteiger partial charge in [0.2, 0.25) is 0 Å². The van der Waals surface area contributed by atoms with Gasteiger partial charge >= 0.3 is 92.4 Å². The molecule has 2 atom stereocenters. The van der Waals surface area contributed by atoms with Crippen LogP contribution in [0.1, 0.15) is 78.7 Å². The molecule has 2 nitrogen and oxygen atoms in total. The number of Topliss-reactive ketones (excluding diaryl/α,β-unsaturated/α-hetero) is 1. The Morgan fingerprint density at radius 2 is 1.43 bits per heavy atom. The number of alkyl halides is 1. The topological polar surface area (TPSA) is 37.3 Å². The predicted molar refractivity (Wildman–Crippen MR) is 129 cm³/mol. The Morgan fingerprint density at radius 3 is 1.75 bits per heavy atom. The molecular formula is C24H42BrO2Sn. The van der Waals surface area contributed by atoms with E-state index in [-0.39, 0.29) is 5.78 Å². The van der Waals surface area contributed by atoms with Crippen molar-refractivity contribution in [2.45, 2.75) is 92.1 Å². The Hall–Kier alpha value is 0.129. The Labute approximate surface area is 189 Å². The first-order valence-corrected chi connectivity index (χ1v) is 18.2. The molecule has 4 heteroatoms. The maximum atomic E-state index is 11.3. The number of benzene rings is 1. The van der Waals surface area contributed by atoms with Gasteiger partial charge in [0.05, 0.1) is 0 Å². The van der Waals surface area contributed by atoms with Gasteiger partial charge < -0.3 is 5.11 Å². The van der Waals surface area contributed by atoms with Gasteiger partial charge in [-0.3, -0.25) is 4.79 Å². The van der Waals surface area contributed by atoms with Gasteiger partial charge in [0.15, 0.2) is 0 Å². The van der Waals surface area contributed by atoms with Crippen LogP contribution in [0.2, 0.25) is 13.3 Å². The van der Waals surface area contributed by atoms with Crippen molar-refractivity contribution in [3.63, 3.8) is 0 Å². The summed E-state index contributed by atoms with van der Waals surface area (Å²) >= 11 is 2.44. The molecule has 0 heterocycles. The summed E-state index contributed by atoms with van der Waals surface area (Å²) in [5, 5.41) is 10.8. The van der Waals surface area contributed by atoms with Crippen LogP contribution in [0.15, 0.2) is 30.3 Å². The molecule has 1 rings (SSSR count). The Balaban J connectivity index is 0.000000528. The van der Waals surface area contributed by atoms with Crippen LogP contribution in [0.25, 0.3) is 0 Å². The average Bonchev–Trinajstić information content (AvgIpc) is 2.73. The number of carbonyl (C=O) groups is 1. The molecule has 0 saturated carbocycles. The number of carbonyl (C=O) groups excluding carboxylic acids is 1. The number of halogens is 1. The van der Waals surface area contributed by atoms with Crippen LogP contribution in [-0.2, 0) is 10.4 Å². The summed E-state index contributed by atoms with van der Waals surface area (Å²) in [4.78, 5) is 11.3. The number of unbranched alkanes of at least 4 members (excludes halogenated alkanes) is 3. The molecule has 0 bridgehead atoms. The SMILES string of the molecule is CC(=O)C(C)C(O)(CBr)c1ccccc1.CCC[CH2][Sn]([CH2]CCC)[CH2]CCC. The van der Waals surface area contributed by atoms with Crippen LogP contribution in [0, 0.1) is 5.92 Å². The van der Waals surface area contributed by atoms with E-state index >= 15 is 0 Å². The summed E-state index contributed by atoms with van der Waals surface area (Å²) in [7, 11) is 0. The van der Waals surface area contributed by atoms with E-state index in [1.807, 2.05) is 30.3 Å². The van der Waals surface area contributed by atoms with E-state index in [4.69, 9.17) is 0 Å². The molecule has 0 fully saturated rings. The van der Waals surface area contributed by atoms with Gasteiger partial charge in [0, 0.05) is 11.2 Å². The molecule has 2 unspecified atom stereocenters. The van der Waals surface area contributed by atoms with Crippen molar-refractivity contribution in [2.75, 3.05) is 5.33 Å². The monoisotopic (exact) mass is 561 g/mol. The zero-order valence-corrected chi connectivity index (χ0v) is 23.2. The second kappa shape index (κ2) is 16.9. The van der Waals surface area contributed by atoms with E-state index in [1.165, 1.54) is 45.4 Å². The van der Waals surface area contributed by atoms with E-state index in [1.54, 1.807) is 20.2 Å². The second-order valence-electron chi connectivity index (χ2n) is 7.82. The average molecular weight is 561 g/mol. The van der Waals surface area contributed by atoms with E-state index in [0.29, 0.717) is 5.33 Å². The summed E-state index contributed by atoms with van der Waals surface area (Å²) in [5.74, 6) is -0.430. The fourth-order valence-electron chi connectivity index (χ4n) is 3.16. The zero-order chi connectivity index (χ0) is 21.4. The molecule has 161 valence electrons. The molecule has 1 aromatic rings. The summed E-state index contributed by atoms with van der Waals surface area (Å²) < 4.78 is 5.04. The second-order valence-corrected chi connectivity index (χ2v) is 16.9. The number of hydrogen-bond donors (Lipinski definition) is 1. The fraction of sp³-hybridized carbons (Fsp3) is 0.708. The van der Waals surface area contributed by atoms with Crippen LogP contribution in [-0.4, -0.2) is 36.0 Å². The van der Waals surface area contributed by atoms with Crippen molar-refractivity contribution in [2.24, 2.45) is 5.92 Å². The third kappa shape index (κ3) is 10.8.